The molecule has 2 atom stereocenters. The van der Waals surface area contributed by atoms with Crippen LogP contribution in [-0.4, -0.2) is 23.7 Å². The molecule has 0 fully saturated rings. The van der Waals surface area contributed by atoms with Gasteiger partial charge in [-0.05, 0) is 23.6 Å². The molecule has 6 heteroatoms. The minimum Gasteiger partial charge on any atom is -0.321 e. The van der Waals surface area contributed by atoms with E-state index < -0.39 is 29.6 Å². The number of benzene rings is 1. The molecule has 106 valence electrons. The molecule has 0 spiro atoms. The van der Waals surface area contributed by atoms with Crippen LogP contribution in [-0.2, 0) is 9.59 Å². The molecule has 1 aromatic rings. The number of hydrogen-bond donors (Lipinski definition) is 2. The maximum Gasteiger partial charge on any atom is 0.264 e. The molecule has 5 nitrogen and oxygen atoms in total. The predicted octanol–water partition coefficient (Wildman–Crippen LogP) is 0.948. The lowest BCUT2D eigenvalue weighted by molar-refractivity contribution is -0.129. The number of halogens is 1. The molecule has 1 aliphatic rings. The van der Waals surface area contributed by atoms with Crippen LogP contribution in [0.25, 0.3) is 0 Å². The molecule has 0 saturated heterocycles. The molecule has 0 aromatic heterocycles. The highest BCUT2D eigenvalue weighted by atomic mass is 19.1. The number of carbonyl (C=O) groups is 2. The normalized spacial score (nSPS) is 20.6. The maximum atomic E-state index is 12.9. The molecule has 0 bridgehead atoms. The van der Waals surface area contributed by atoms with E-state index in [4.69, 9.17) is 5.73 Å². The molecule has 2 rings (SSSR count). The number of nitrogens with two attached hydrogens (primary N) is 1. The minimum atomic E-state index is -1.04. The van der Waals surface area contributed by atoms with Crippen LogP contribution in [0, 0.1) is 11.7 Å². The van der Waals surface area contributed by atoms with Gasteiger partial charge in [0.15, 0.2) is 0 Å². The Kier molecular flexibility index (Phi) is 3.94. The van der Waals surface area contributed by atoms with Crippen LogP contribution in [0.15, 0.2) is 29.3 Å². The van der Waals surface area contributed by atoms with Crippen molar-refractivity contribution in [1.82, 2.24) is 5.32 Å². The van der Waals surface area contributed by atoms with Crippen LogP contribution < -0.4 is 11.1 Å². The molecule has 0 aliphatic carbocycles. The van der Waals surface area contributed by atoms with Crippen molar-refractivity contribution in [1.29, 1.82) is 0 Å². The third-order valence-corrected chi connectivity index (χ3v) is 3.23. The van der Waals surface area contributed by atoms with Crippen molar-refractivity contribution in [3.8, 4) is 0 Å². The highest BCUT2D eigenvalue weighted by Gasteiger charge is 2.35. The van der Waals surface area contributed by atoms with Crippen LogP contribution >= 0.6 is 0 Å². The fraction of sp³-hybridized carbons (Fsp3) is 0.357. The molecular weight excluding hydrogens is 261 g/mol. The summed E-state index contributed by atoms with van der Waals surface area (Å²) in [5.74, 6) is -2.30. The zero-order valence-corrected chi connectivity index (χ0v) is 11.3. The number of nitrogens with one attached hydrogen (secondary N) is 1. The van der Waals surface area contributed by atoms with Gasteiger partial charge >= 0.3 is 0 Å². The molecule has 1 aromatic carbocycles. The molecule has 1 heterocycles. The lowest BCUT2D eigenvalue weighted by Crippen LogP contribution is -2.52. The van der Waals surface area contributed by atoms with Gasteiger partial charge in [0.2, 0.25) is 5.91 Å². The zero-order chi connectivity index (χ0) is 14.9. The molecule has 1 aliphatic heterocycles. The SMILES string of the molecule is CC(C)C(N)C1=NC(=O)C(c2ccc(F)cc2)C(=O)N1. The van der Waals surface area contributed by atoms with E-state index in [1.54, 1.807) is 0 Å². The van der Waals surface area contributed by atoms with Crippen LogP contribution in [0.1, 0.15) is 25.3 Å². The first-order chi connectivity index (χ1) is 9.40. The first-order valence-electron chi connectivity index (χ1n) is 6.34. The lowest BCUT2D eigenvalue weighted by Gasteiger charge is -2.25. The number of hydrogen-bond acceptors (Lipinski definition) is 3. The Bertz CT molecular complexity index is 566. The largest absolute Gasteiger partial charge is 0.321 e. The number of aliphatic imine (C=N–C) groups is 1. The van der Waals surface area contributed by atoms with Crippen molar-refractivity contribution >= 4 is 17.6 Å². The van der Waals surface area contributed by atoms with E-state index in [0.717, 1.165) is 0 Å². The van der Waals surface area contributed by atoms with E-state index in [1.165, 1.54) is 24.3 Å². The summed E-state index contributed by atoms with van der Waals surface area (Å²) >= 11 is 0. The highest BCUT2D eigenvalue weighted by Crippen LogP contribution is 2.21. The summed E-state index contributed by atoms with van der Waals surface area (Å²) in [6, 6.07) is 4.71. The Morgan fingerprint density at radius 1 is 1.25 bits per heavy atom. The molecule has 0 radical (unpaired) electrons. The van der Waals surface area contributed by atoms with E-state index in [1.807, 2.05) is 13.8 Å². The van der Waals surface area contributed by atoms with E-state index in [9.17, 15) is 14.0 Å². The molecule has 3 N–H and O–H groups in total. The van der Waals surface area contributed by atoms with E-state index >= 15 is 0 Å². The zero-order valence-electron chi connectivity index (χ0n) is 11.3. The number of rotatable bonds is 3. The van der Waals surface area contributed by atoms with Crippen molar-refractivity contribution < 1.29 is 14.0 Å². The Morgan fingerprint density at radius 3 is 2.35 bits per heavy atom. The summed E-state index contributed by atoms with van der Waals surface area (Å²) in [5.41, 5.74) is 6.28. The van der Waals surface area contributed by atoms with Gasteiger partial charge < -0.3 is 11.1 Å². The van der Waals surface area contributed by atoms with E-state index in [2.05, 4.69) is 10.3 Å². The second-order valence-corrected chi connectivity index (χ2v) is 5.08. The summed E-state index contributed by atoms with van der Waals surface area (Å²) < 4.78 is 12.9. The summed E-state index contributed by atoms with van der Waals surface area (Å²) in [7, 11) is 0. The Labute approximate surface area is 116 Å². The van der Waals surface area contributed by atoms with Crippen molar-refractivity contribution in [2.24, 2.45) is 16.6 Å². The van der Waals surface area contributed by atoms with Gasteiger partial charge in [0.1, 0.15) is 17.6 Å². The third-order valence-electron chi connectivity index (χ3n) is 3.23. The Balaban J connectivity index is 2.29. The topological polar surface area (TPSA) is 84.5 Å². The van der Waals surface area contributed by atoms with Gasteiger partial charge in [-0.2, -0.15) is 4.99 Å². The number of nitrogens with zero attached hydrogens (tertiary/aromatic N) is 1. The third kappa shape index (κ3) is 2.75. The lowest BCUT2D eigenvalue weighted by atomic mass is 9.94. The van der Waals surface area contributed by atoms with Gasteiger partial charge in [0, 0.05) is 0 Å². The van der Waals surface area contributed by atoms with Gasteiger partial charge in [-0.3, -0.25) is 9.59 Å². The van der Waals surface area contributed by atoms with E-state index in [0.29, 0.717) is 5.56 Å². The second kappa shape index (κ2) is 5.50. The number of carbonyl (C=O) groups excluding carboxylic acids is 2. The summed E-state index contributed by atoms with van der Waals surface area (Å²) in [6.07, 6.45) is 0. The molecular formula is C14H16FN3O2. The fourth-order valence-electron chi connectivity index (χ4n) is 1.94. The monoisotopic (exact) mass is 277 g/mol. The quantitative estimate of drug-likeness (QED) is 0.807. The first-order valence-corrected chi connectivity index (χ1v) is 6.34. The number of amidine groups is 1. The molecule has 20 heavy (non-hydrogen) atoms. The minimum absolute atomic E-state index is 0.0456. The summed E-state index contributed by atoms with van der Waals surface area (Å²) in [6.45, 7) is 3.74. The van der Waals surface area contributed by atoms with Crippen LogP contribution in [0.5, 0.6) is 0 Å². The molecule has 2 unspecified atom stereocenters. The van der Waals surface area contributed by atoms with Crippen molar-refractivity contribution in [3.63, 3.8) is 0 Å². The van der Waals surface area contributed by atoms with Crippen molar-refractivity contribution in [2.45, 2.75) is 25.8 Å². The average Bonchev–Trinajstić information content (AvgIpc) is 2.39. The average molecular weight is 277 g/mol. The van der Waals surface area contributed by atoms with Crippen molar-refractivity contribution in [2.75, 3.05) is 0 Å². The van der Waals surface area contributed by atoms with Crippen molar-refractivity contribution in [3.05, 3.63) is 35.6 Å². The summed E-state index contributed by atoms with van der Waals surface area (Å²) in [5, 5.41) is 2.56. The van der Waals surface area contributed by atoms with Gasteiger partial charge in [-0.25, -0.2) is 4.39 Å². The number of amides is 2. The Hall–Kier alpha value is -2.08. The standard InChI is InChI=1S/C14H16FN3O2/c1-7(2)11(16)12-17-13(19)10(14(20)18-12)8-3-5-9(15)6-4-8/h3-7,10-11H,16H2,1-2H3,(H,17,18,19,20). The maximum absolute atomic E-state index is 12.9. The van der Waals surface area contributed by atoms with Crippen LogP contribution in [0.4, 0.5) is 4.39 Å². The van der Waals surface area contributed by atoms with E-state index in [-0.39, 0.29) is 11.8 Å². The smallest absolute Gasteiger partial charge is 0.264 e. The van der Waals surface area contributed by atoms with Gasteiger partial charge in [0.25, 0.3) is 5.91 Å². The molecule has 2 amide bonds. The Morgan fingerprint density at radius 2 is 1.85 bits per heavy atom. The summed E-state index contributed by atoms with van der Waals surface area (Å²) in [4.78, 5) is 28.0. The van der Waals surface area contributed by atoms with Gasteiger partial charge in [-0.15, -0.1) is 0 Å². The van der Waals surface area contributed by atoms with Crippen LogP contribution in [0.2, 0.25) is 0 Å². The molecule has 0 saturated carbocycles. The second-order valence-electron chi connectivity index (χ2n) is 5.08. The fourth-order valence-corrected chi connectivity index (χ4v) is 1.94. The highest BCUT2D eigenvalue weighted by molar-refractivity contribution is 6.20. The van der Waals surface area contributed by atoms with Crippen LogP contribution in [0.3, 0.4) is 0 Å². The first kappa shape index (κ1) is 14.3. The van der Waals surface area contributed by atoms with Gasteiger partial charge in [0.05, 0.1) is 6.04 Å². The predicted molar refractivity (Wildman–Crippen MR) is 72.5 cm³/mol. The van der Waals surface area contributed by atoms with Gasteiger partial charge in [-0.1, -0.05) is 26.0 Å².